The summed E-state index contributed by atoms with van der Waals surface area (Å²) in [7, 11) is 1.90. The molecule has 2 amide bonds. The minimum absolute atomic E-state index is 0.0169. The van der Waals surface area contributed by atoms with E-state index in [-0.39, 0.29) is 52.8 Å². The number of amides is 2. The van der Waals surface area contributed by atoms with Crippen molar-refractivity contribution in [2.24, 2.45) is 17.6 Å². The van der Waals surface area contributed by atoms with E-state index in [9.17, 15) is 24.6 Å². The van der Waals surface area contributed by atoms with Gasteiger partial charge in [-0.3, -0.25) is 19.9 Å². The molecular formula is C21H32N6O5S. The monoisotopic (exact) mass is 480 g/mol. The Morgan fingerprint density at radius 2 is 2.03 bits per heavy atom. The number of aliphatic hydroxyl groups excluding tert-OH is 1. The van der Waals surface area contributed by atoms with Gasteiger partial charge in [0, 0.05) is 41.7 Å². The molecule has 4 heterocycles. The van der Waals surface area contributed by atoms with Crippen molar-refractivity contribution in [1.29, 1.82) is 5.41 Å². The van der Waals surface area contributed by atoms with Crippen molar-refractivity contribution in [3.63, 3.8) is 0 Å². The van der Waals surface area contributed by atoms with Crippen LogP contribution in [0.25, 0.3) is 0 Å². The van der Waals surface area contributed by atoms with Crippen molar-refractivity contribution in [2.45, 2.75) is 56.2 Å². The molecule has 0 radical (unpaired) electrons. The highest BCUT2D eigenvalue weighted by atomic mass is 32.2. The van der Waals surface area contributed by atoms with E-state index in [1.807, 2.05) is 18.9 Å². The molecule has 12 heteroatoms. The van der Waals surface area contributed by atoms with Gasteiger partial charge in [-0.2, -0.15) is 0 Å². The average molecular weight is 481 g/mol. The standard InChI is InChI=1S/C21H32N6O5S/c1-9-15-14(10(2)28)19(30)27(15)16(20(31)32)17(9)33-12-6-13(25(3)8-12)18(29)26-5-4-11(7-26)24-21(22)23/h9-15,28H,4-8H2,1-3H3,(H,31,32)(H4,22,23,24)/t9-,10-,11-,12+,13+,14-,15-/m1/s1. The topological polar surface area (TPSA) is 163 Å². The summed E-state index contributed by atoms with van der Waals surface area (Å²) in [5.74, 6) is -2.31. The number of carbonyl (C=O) groups excluding carboxylic acids is 2. The molecule has 33 heavy (non-hydrogen) atoms. The number of carboxylic acids is 1. The molecule has 182 valence electrons. The van der Waals surface area contributed by atoms with E-state index in [1.54, 1.807) is 11.8 Å². The van der Waals surface area contributed by atoms with Crippen molar-refractivity contribution in [1.82, 2.24) is 20.0 Å². The molecule has 0 unspecified atom stereocenters. The van der Waals surface area contributed by atoms with Gasteiger partial charge in [0.2, 0.25) is 11.8 Å². The van der Waals surface area contributed by atoms with Gasteiger partial charge in [0.25, 0.3) is 0 Å². The van der Waals surface area contributed by atoms with E-state index in [4.69, 9.17) is 11.1 Å². The highest BCUT2D eigenvalue weighted by Crippen LogP contribution is 2.52. The number of fused-ring (bicyclic) bond motifs is 1. The highest BCUT2D eigenvalue weighted by molar-refractivity contribution is 8.03. The third kappa shape index (κ3) is 4.08. The highest BCUT2D eigenvalue weighted by Gasteiger charge is 2.60. The molecule has 0 bridgehead atoms. The van der Waals surface area contributed by atoms with E-state index >= 15 is 0 Å². The Bertz CT molecular complexity index is 910. The van der Waals surface area contributed by atoms with Gasteiger partial charge in [0.1, 0.15) is 5.70 Å². The zero-order valence-electron chi connectivity index (χ0n) is 19.0. The molecule has 4 rings (SSSR count). The van der Waals surface area contributed by atoms with E-state index in [2.05, 4.69) is 5.32 Å². The van der Waals surface area contributed by atoms with Crippen LogP contribution in [-0.4, -0.2) is 105 Å². The predicted octanol–water partition coefficient (Wildman–Crippen LogP) is -0.970. The second-order valence-electron chi connectivity index (χ2n) is 9.53. The maximum atomic E-state index is 13.2. The molecule has 0 aromatic rings. The Kier molecular flexibility index (Phi) is 6.36. The summed E-state index contributed by atoms with van der Waals surface area (Å²) in [5.41, 5.74) is 5.43. The maximum Gasteiger partial charge on any atom is 0.353 e. The lowest BCUT2D eigenvalue weighted by Crippen LogP contribution is -2.63. The molecule has 4 aliphatic rings. The lowest BCUT2D eigenvalue weighted by atomic mass is 9.79. The van der Waals surface area contributed by atoms with Gasteiger partial charge in [-0.15, -0.1) is 11.8 Å². The maximum absolute atomic E-state index is 13.2. The molecular weight excluding hydrogens is 448 g/mol. The molecule has 0 aliphatic carbocycles. The summed E-state index contributed by atoms with van der Waals surface area (Å²) >= 11 is 1.45. The molecule has 7 atom stereocenters. The van der Waals surface area contributed by atoms with Gasteiger partial charge in [-0.1, -0.05) is 6.92 Å². The Morgan fingerprint density at radius 1 is 1.33 bits per heavy atom. The fraction of sp³-hybridized carbons (Fsp3) is 0.714. The van der Waals surface area contributed by atoms with Crippen molar-refractivity contribution in [3.05, 3.63) is 10.6 Å². The van der Waals surface area contributed by atoms with Crippen LogP contribution in [0.4, 0.5) is 0 Å². The molecule has 3 saturated heterocycles. The van der Waals surface area contributed by atoms with Crippen LogP contribution in [0.15, 0.2) is 10.6 Å². The van der Waals surface area contributed by atoms with Crippen LogP contribution in [0.5, 0.6) is 0 Å². The van der Waals surface area contributed by atoms with Crippen molar-refractivity contribution in [2.75, 3.05) is 26.7 Å². The number of carboxylic acid groups (broad SMARTS) is 1. The third-order valence-electron chi connectivity index (χ3n) is 7.26. The second kappa shape index (κ2) is 8.80. The van der Waals surface area contributed by atoms with Gasteiger partial charge >= 0.3 is 5.97 Å². The van der Waals surface area contributed by atoms with Gasteiger partial charge in [0.05, 0.1) is 24.1 Å². The van der Waals surface area contributed by atoms with E-state index in [1.165, 1.54) is 16.7 Å². The Morgan fingerprint density at radius 3 is 2.64 bits per heavy atom. The number of aliphatic carboxylic acids is 1. The second-order valence-corrected chi connectivity index (χ2v) is 10.9. The van der Waals surface area contributed by atoms with Crippen LogP contribution in [-0.2, 0) is 14.4 Å². The smallest absolute Gasteiger partial charge is 0.353 e. The first kappa shape index (κ1) is 23.8. The van der Waals surface area contributed by atoms with Crippen molar-refractivity contribution >= 4 is 35.5 Å². The van der Waals surface area contributed by atoms with Crippen LogP contribution >= 0.6 is 11.8 Å². The number of hydrogen-bond donors (Lipinski definition) is 5. The molecule has 4 aliphatic heterocycles. The predicted molar refractivity (Wildman–Crippen MR) is 122 cm³/mol. The van der Waals surface area contributed by atoms with Crippen LogP contribution < -0.4 is 11.1 Å². The normalized spacial score (nSPS) is 35.0. The number of carbonyl (C=O) groups is 3. The lowest BCUT2D eigenvalue weighted by Gasteiger charge is -2.46. The van der Waals surface area contributed by atoms with Gasteiger partial charge < -0.3 is 31.1 Å². The minimum atomic E-state index is -1.13. The van der Waals surface area contributed by atoms with Crippen molar-refractivity contribution in [3.8, 4) is 0 Å². The largest absolute Gasteiger partial charge is 0.477 e. The first-order valence-corrected chi connectivity index (χ1v) is 12.1. The number of guanidine groups is 1. The van der Waals surface area contributed by atoms with Gasteiger partial charge in [0.15, 0.2) is 5.96 Å². The number of likely N-dealkylation sites (N-methyl/N-ethyl adjacent to an activating group) is 1. The van der Waals surface area contributed by atoms with Crippen molar-refractivity contribution < 1.29 is 24.6 Å². The number of thioether (sulfide) groups is 1. The Balaban J connectivity index is 1.44. The minimum Gasteiger partial charge on any atom is -0.477 e. The van der Waals surface area contributed by atoms with Crippen LogP contribution in [0.1, 0.15) is 26.7 Å². The number of likely N-dealkylation sites (tertiary alicyclic amines) is 2. The van der Waals surface area contributed by atoms with Crippen LogP contribution in [0, 0.1) is 17.2 Å². The SMILES string of the molecule is C[C@@H](O)[C@H]1C(=O)N2C(C(=O)O)=C(S[C@H]3C[C@@H](C(=O)N4CC[C@@H](NC(=N)N)C4)N(C)C3)[C@H](C)[C@H]12. The quantitative estimate of drug-likeness (QED) is 0.183. The zero-order valence-corrected chi connectivity index (χ0v) is 19.8. The molecule has 0 saturated carbocycles. The lowest BCUT2D eigenvalue weighted by molar-refractivity contribution is -0.163. The van der Waals surface area contributed by atoms with E-state index < -0.39 is 18.0 Å². The summed E-state index contributed by atoms with van der Waals surface area (Å²) in [5, 5.41) is 30.1. The number of hydrogen-bond acceptors (Lipinski definition) is 7. The summed E-state index contributed by atoms with van der Waals surface area (Å²) < 4.78 is 0. The number of nitrogens with zero attached hydrogens (tertiary/aromatic N) is 3. The zero-order chi connectivity index (χ0) is 24.2. The summed E-state index contributed by atoms with van der Waals surface area (Å²) in [6, 6.07) is -0.652. The van der Waals surface area contributed by atoms with Gasteiger partial charge in [-0.25, -0.2) is 4.79 Å². The molecule has 0 spiro atoms. The molecule has 3 fully saturated rings. The molecule has 11 nitrogen and oxygen atoms in total. The van der Waals surface area contributed by atoms with Crippen LogP contribution in [0.2, 0.25) is 0 Å². The Hall–Kier alpha value is -2.31. The van der Waals surface area contributed by atoms with E-state index in [0.717, 1.165) is 6.42 Å². The number of rotatable bonds is 6. The first-order chi connectivity index (χ1) is 15.5. The Labute approximate surface area is 196 Å². The third-order valence-corrected chi connectivity index (χ3v) is 8.75. The number of nitrogens with one attached hydrogen (secondary N) is 2. The summed E-state index contributed by atoms with van der Waals surface area (Å²) in [6.45, 7) is 5.22. The summed E-state index contributed by atoms with van der Waals surface area (Å²) in [6.07, 6.45) is 0.493. The molecule has 0 aromatic carbocycles. The number of β-lactam (4-membered cyclic amide) rings is 1. The van der Waals surface area contributed by atoms with E-state index in [0.29, 0.717) is 31.0 Å². The fourth-order valence-corrected chi connectivity index (χ4v) is 7.29. The number of aliphatic hydroxyl groups is 1. The average Bonchev–Trinajstić information content (AvgIpc) is 3.37. The molecule has 0 aromatic heterocycles. The fourth-order valence-electron chi connectivity index (χ4n) is 5.69. The first-order valence-electron chi connectivity index (χ1n) is 11.3. The van der Waals surface area contributed by atoms with Crippen LogP contribution in [0.3, 0.4) is 0 Å². The summed E-state index contributed by atoms with van der Waals surface area (Å²) in [4.78, 5) is 43.5. The molecule has 6 N–H and O–H groups in total. The van der Waals surface area contributed by atoms with Gasteiger partial charge in [-0.05, 0) is 26.8 Å². The number of nitrogens with two attached hydrogens (primary N) is 1.